The van der Waals surface area contributed by atoms with Gasteiger partial charge in [0.2, 0.25) is 5.91 Å². The molecule has 0 radical (unpaired) electrons. The molecule has 1 aromatic heterocycles. The second-order valence-electron chi connectivity index (χ2n) is 4.36. The quantitative estimate of drug-likeness (QED) is 0.753. The van der Waals surface area contributed by atoms with Gasteiger partial charge in [-0.15, -0.1) is 11.6 Å². The first-order valence-corrected chi connectivity index (χ1v) is 6.38. The summed E-state index contributed by atoms with van der Waals surface area (Å²) in [5.41, 5.74) is -0.0444. The topological polar surface area (TPSA) is 95.7 Å². The first-order chi connectivity index (χ1) is 9.08. The summed E-state index contributed by atoms with van der Waals surface area (Å²) < 4.78 is 1.33. The molecule has 1 amide bonds. The predicted octanol–water partition coefficient (Wildman–Crippen LogP) is 0.165. The monoisotopic (exact) mass is 287 g/mol. The lowest BCUT2D eigenvalue weighted by atomic mass is 10.1. The van der Waals surface area contributed by atoms with Crippen LogP contribution in [0.3, 0.4) is 0 Å². The van der Waals surface area contributed by atoms with Gasteiger partial charge >= 0.3 is 5.97 Å². The zero-order chi connectivity index (χ0) is 14.0. The van der Waals surface area contributed by atoms with Crippen molar-refractivity contribution < 1.29 is 19.8 Å². The number of carboxylic acids is 1. The predicted molar refractivity (Wildman–Crippen MR) is 67.5 cm³/mol. The first kappa shape index (κ1) is 13.8. The van der Waals surface area contributed by atoms with Gasteiger partial charge in [0.15, 0.2) is 0 Å². The molecule has 7 nitrogen and oxygen atoms in total. The van der Waals surface area contributed by atoms with E-state index < -0.39 is 5.97 Å². The van der Waals surface area contributed by atoms with E-state index in [1.54, 1.807) is 0 Å². The van der Waals surface area contributed by atoms with Gasteiger partial charge in [-0.05, 0) is 5.92 Å². The van der Waals surface area contributed by atoms with E-state index in [1.807, 2.05) is 0 Å². The summed E-state index contributed by atoms with van der Waals surface area (Å²) in [6.07, 6.45) is 1.49. The number of amides is 1. The Kier molecular flexibility index (Phi) is 4.06. The normalized spacial score (nSPS) is 19.2. The molecule has 2 N–H and O–H groups in total. The molecule has 19 heavy (non-hydrogen) atoms. The maximum Gasteiger partial charge on any atom is 0.341 e. The minimum atomic E-state index is -1.15. The van der Waals surface area contributed by atoms with Gasteiger partial charge in [-0.3, -0.25) is 9.69 Å². The Balaban J connectivity index is 2.39. The van der Waals surface area contributed by atoms with E-state index in [9.17, 15) is 9.59 Å². The summed E-state index contributed by atoms with van der Waals surface area (Å²) in [4.78, 5) is 24.5. The van der Waals surface area contributed by atoms with Crippen LogP contribution in [0.5, 0.6) is 0 Å². The molecule has 1 aliphatic rings. The van der Waals surface area contributed by atoms with Gasteiger partial charge in [-0.2, -0.15) is 5.10 Å². The zero-order valence-electron chi connectivity index (χ0n) is 10.1. The zero-order valence-corrected chi connectivity index (χ0v) is 10.9. The van der Waals surface area contributed by atoms with Crippen LogP contribution in [0.4, 0.5) is 5.82 Å². The van der Waals surface area contributed by atoms with E-state index in [0.29, 0.717) is 18.8 Å². The molecule has 2 rings (SSSR count). The van der Waals surface area contributed by atoms with Crippen LogP contribution < -0.4 is 4.90 Å². The fraction of sp³-hybridized carbons (Fsp3) is 0.545. The Hall–Kier alpha value is -1.60. The average molecular weight is 288 g/mol. The van der Waals surface area contributed by atoms with Crippen molar-refractivity contribution in [3.63, 3.8) is 0 Å². The van der Waals surface area contributed by atoms with Crippen LogP contribution in [-0.4, -0.2) is 50.9 Å². The summed E-state index contributed by atoms with van der Waals surface area (Å²) in [7, 11) is 0. The Labute approximate surface area is 114 Å². The molecule has 1 atom stereocenters. The summed E-state index contributed by atoms with van der Waals surface area (Å²) in [6.45, 7) is 0.326. The number of anilines is 1. The van der Waals surface area contributed by atoms with Crippen molar-refractivity contribution in [1.82, 2.24) is 9.78 Å². The van der Waals surface area contributed by atoms with E-state index in [-0.39, 0.29) is 36.4 Å². The van der Waals surface area contributed by atoms with E-state index in [1.165, 1.54) is 15.8 Å². The number of aliphatic hydroxyl groups excluding tert-OH is 1. The maximum absolute atomic E-state index is 11.9. The smallest absolute Gasteiger partial charge is 0.341 e. The van der Waals surface area contributed by atoms with Crippen molar-refractivity contribution in [2.24, 2.45) is 5.92 Å². The number of aromatic carboxylic acids is 1. The molecule has 0 aromatic carbocycles. The Morgan fingerprint density at radius 2 is 2.32 bits per heavy atom. The number of alkyl halides is 1. The molecule has 0 spiro atoms. The molecule has 1 fully saturated rings. The van der Waals surface area contributed by atoms with Crippen molar-refractivity contribution in [3.8, 4) is 0 Å². The highest BCUT2D eigenvalue weighted by Gasteiger charge is 2.34. The molecule has 2 heterocycles. The third kappa shape index (κ3) is 2.57. The summed E-state index contributed by atoms with van der Waals surface area (Å²) in [5.74, 6) is -0.750. The lowest BCUT2D eigenvalue weighted by Crippen LogP contribution is -2.29. The van der Waals surface area contributed by atoms with Crippen molar-refractivity contribution in [3.05, 3.63) is 11.8 Å². The molecular weight excluding hydrogens is 274 g/mol. The van der Waals surface area contributed by atoms with Crippen molar-refractivity contribution in [2.75, 3.05) is 23.9 Å². The number of carbonyl (C=O) groups excluding carboxylic acids is 1. The van der Waals surface area contributed by atoms with Gasteiger partial charge in [0.1, 0.15) is 11.4 Å². The highest BCUT2D eigenvalue weighted by Crippen LogP contribution is 2.28. The van der Waals surface area contributed by atoms with Gasteiger partial charge in [0, 0.05) is 18.8 Å². The minimum Gasteiger partial charge on any atom is -0.477 e. The number of carboxylic acid groups (broad SMARTS) is 1. The number of hydrogen-bond acceptors (Lipinski definition) is 4. The molecule has 1 aromatic rings. The van der Waals surface area contributed by atoms with Crippen LogP contribution in [0.1, 0.15) is 16.8 Å². The molecule has 1 aliphatic heterocycles. The third-order valence-electron chi connectivity index (χ3n) is 3.03. The van der Waals surface area contributed by atoms with E-state index in [2.05, 4.69) is 5.10 Å². The van der Waals surface area contributed by atoms with Gasteiger partial charge < -0.3 is 10.2 Å². The average Bonchev–Trinajstić information content (AvgIpc) is 2.93. The number of carbonyl (C=O) groups is 2. The highest BCUT2D eigenvalue weighted by atomic mass is 35.5. The van der Waals surface area contributed by atoms with Crippen molar-refractivity contribution >= 4 is 29.3 Å². The lowest BCUT2D eigenvalue weighted by molar-refractivity contribution is -0.117. The Morgan fingerprint density at radius 3 is 2.84 bits per heavy atom. The Morgan fingerprint density at radius 1 is 1.58 bits per heavy atom. The highest BCUT2D eigenvalue weighted by molar-refractivity contribution is 6.18. The number of hydrogen-bond donors (Lipinski definition) is 2. The molecule has 0 aliphatic carbocycles. The van der Waals surface area contributed by atoms with Crippen LogP contribution in [-0.2, 0) is 11.3 Å². The van der Waals surface area contributed by atoms with Gasteiger partial charge in [-0.1, -0.05) is 0 Å². The maximum atomic E-state index is 11.9. The van der Waals surface area contributed by atoms with Crippen LogP contribution in [0.25, 0.3) is 0 Å². The largest absolute Gasteiger partial charge is 0.477 e. The third-order valence-corrected chi connectivity index (χ3v) is 3.47. The number of rotatable bonds is 5. The van der Waals surface area contributed by atoms with Crippen molar-refractivity contribution in [2.45, 2.75) is 13.0 Å². The Bertz CT molecular complexity index is 502. The SMILES string of the molecule is O=C(O)c1cnn(CCO)c1N1CC(CCl)CC1=O. The summed E-state index contributed by atoms with van der Waals surface area (Å²) in [5, 5.41) is 22.0. The second kappa shape index (κ2) is 5.58. The molecule has 1 unspecified atom stereocenters. The second-order valence-corrected chi connectivity index (χ2v) is 4.67. The lowest BCUT2D eigenvalue weighted by Gasteiger charge is -2.18. The van der Waals surface area contributed by atoms with Crippen molar-refractivity contribution in [1.29, 1.82) is 0 Å². The molecule has 0 bridgehead atoms. The number of aromatic nitrogens is 2. The van der Waals surface area contributed by atoms with Gasteiger partial charge in [0.25, 0.3) is 0 Å². The molecule has 8 heteroatoms. The molecule has 1 saturated heterocycles. The van der Waals surface area contributed by atoms with E-state index in [4.69, 9.17) is 21.8 Å². The molecule has 0 saturated carbocycles. The minimum absolute atomic E-state index is 0.00767. The van der Waals surface area contributed by atoms with Crippen LogP contribution in [0, 0.1) is 5.92 Å². The van der Waals surface area contributed by atoms with Gasteiger partial charge in [-0.25, -0.2) is 9.48 Å². The van der Waals surface area contributed by atoms with Crippen LogP contribution in [0.2, 0.25) is 0 Å². The summed E-state index contributed by atoms with van der Waals surface area (Å²) in [6, 6.07) is 0. The first-order valence-electron chi connectivity index (χ1n) is 5.84. The number of halogens is 1. The molecule has 104 valence electrons. The van der Waals surface area contributed by atoms with Gasteiger partial charge in [0.05, 0.1) is 19.3 Å². The van der Waals surface area contributed by atoms with E-state index in [0.717, 1.165) is 0 Å². The van der Waals surface area contributed by atoms with E-state index >= 15 is 0 Å². The molecular formula is C11H14ClN3O4. The standard InChI is InChI=1S/C11H14ClN3O4/c12-4-7-3-9(17)14(6-7)10-8(11(18)19)5-13-15(10)1-2-16/h5,7,16H,1-4,6H2,(H,18,19). The fourth-order valence-electron chi connectivity index (χ4n) is 2.16. The van der Waals surface area contributed by atoms with Crippen LogP contribution >= 0.6 is 11.6 Å². The number of nitrogens with zero attached hydrogens (tertiary/aromatic N) is 3. The fourth-order valence-corrected chi connectivity index (χ4v) is 2.37. The van der Waals surface area contributed by atoms with Crippen LogP contribution in [0.15, 0.2) is 6.20 Å². The number of aliphatic hydroxyl groups is 1. The summed E-state index contributed by atoms with van der Waals surface area (Å²) >= 11 is 5.75.